The van der Waals surface area contributed by atoms with Crippen molar-refractivity contribution in [2.45, 2.75) is 110 Å². The van der Waals surface area contributed by atoms with Crippen LogP contribution in [0.1, 0.15) is 114 Å². The van der Waals surface area contributed by atoms with Crippen LogP contribution >= 0.6 is 0 Å². The normalized spacial score (nSPS) is 25.6. The molecule has 1 atom stereocenters. The number of aromatic nitrogens is 2. The van der Waals surface area contributed by atoms with E-state index in [2.05, 4.69) is 71.2 Å². The number of fused-ring (bicyclic) bond motifs is 1. The molecule has 3 aromatic rings. The van der Waals surface area contributed by atoms with E-state index in [0.717, 1.165) is 72.9 Å². The zero-order chi connectivity index (χ0) is 43.5. The molecular formula is C46H54N8O7. The van der Waals surface area contributed by atoms with Gasteiger partial charge in [0.1, 0.15) is 41.3 Å². The van der Waals surface area contributed by atoms with Crippen LogP contribution in [0, 0.1) is 41.9 Å². The Hall–Kier alpha value is -5.88. The number of amides is 5. The van der Waals surface area contributed by atoms with Crippen LogP contribution in [0.15, 0.2) is 42.7 Å². The van der Waals surface area contributed by atoms with Gasteiger partial charge < -0.3 is 24.6 Å². The molecule has 15 nitrogen and oxygen atoms in total. The molecule has 1 aromatic heterocycles. The average molecular weight is 831 g/mol. The third-order valence-electron chi connectivity index (χ3n) is 13.7. The van der Waals surface area contributed by atoms with E-state index in [1.54, 1.807) is 30.6 Å². The Labute approximate surface area is 356 Å². The minimum absolute atomic E-state index is 0.0131. The van der Waals surface area contributed by atoms with Gasteiger partial charge in [-0.15, -0.1) is 0 Å². The van der Waals surface area contributed by atoms with Gasteiger partial charge in [-0.2, -0.15) is 5.26 Å². The number of nitriles is 1. The lowest BCUT2D eigenvalue weighted by atomic mass is 9.49. The zero-order valence-electron chi connectivity index (χ0n) is 35.9. The molecule has 4 fully saturated rings. The molecule has 5 aliphatic rings. The summed E-state index contributed by atoms with van der Waals surface area (Å²) >= 11 is 0. The Balaban J connectivity index is 0.773. The monoisotopic (exact) mass is 830 g/mol. The molecule has 61 heavy (non-hydrogen) atoms. The first kappa shape index (κ1) is 41.8. The van der Waals surface area contributed by atoms with Gasteiger partial charge in [0.25, 0.3) is 17.7 Å². The molecule has 0 bridgehead atoms. The molecule has 5 amide bonds. The molecule has 2 aromatic carbocycles. The number of hydrogen-bond donors (Lipinski definition) is 2. The number of anilines is 1. The second kappa shape index (κ2) is 15.9. The number of rotatable bonds is 11. The largest absolute Gasteiger partial charge is 0.490 e. The topological polar surface area (TPSA) is 187 Å². The van der Waals surface area contributed by atoms with Crippen molar-refractivity contribution in [1.29, 1.82) is 5.26 Å². The lowest BCUT2D eigenvalue weighted by molar-refractivity contribution is -0.164. The van der Waals surface area contributed by atoms with E-state index in [0.29, 0.717) is 23.3 Å². The molecule has 0 radical (unpaired) electrons. The van der Waals surface area contributed by atoms with E-state index in [1.807, 2.05) is 26.0 Å². The second-order valence-electron chi connectivity index (χ2n) is 18.7. The van der Waals surface area contributed by atoms with E-state index in [4.69, 9.17) is 9.47 Å². The zero-order valence-corrected chi connectivity index (χ0v) is 35.9. The quantitative estimate of drug-likeness (QED) is 0.253. The number of nitrogens with one attached hydrogen (secondary N) is 2. The minimum Gasteiger partial charge on any atom is -0.490 e. The van der Waals surface area contributed by atoms with Gasteiger partial charge in [0.15, 0.2) is 0 Å². The lowest BCUT2D eigenvalue weighted by Gasteiger charge is -2.63. The lowest BCUT2D eigenvalue weighted by Crippen LogP contribution is -2.74. The Bertz CT molecular complexity index is 2280. The van der Waals surface area contributed by atoms with Gasteiger partial charge in [-0.25, -0.2) is 9.97 Å². The van der Waals surface area contributed by atoms with E-state index in [1.165, 1.54) is 0 Å². The Kier molecular flexibility index (Phi) is 10.9. The number of carbonyl (C=O) groups excluding carboxylic acids is 5. The predicted molar refractivity (Wildman–Crippen MR) is 224 cm³/mol. The van der Waals surface area contributed by atoms with Crippen molar-refractivity contribution in [2.24, 2.45) is 16.7 Å². The van der Waals surface area contributed by atoms with Crippen LogP contribution in [0.25, 0.3) is 0 Å². The molecule has 15 heteroatoms. The maximum Gasteiger partial charge on any atom is 0.271 e. The summed E-state index contributed by atoms with van der Waals surface area (Å²) in [7, 11) is 2.15. The van der Waals surface area contributed by atoms with Crippen molar-refractivity contribution < 1.29 is 33.4 Å². The number of ether oxygens (including phenoxy) is 2. The molecule has 4 heterocycles. The van der Waals surface area contributed by atoms with Crippen molar-refractivity contribution in [1.82, 2.24) is 30.4 Å². The van der Waals surface area contributed by atoms with Crippen LogP contribution in [-0.4, -0.2) is 106 Å². The standard InChI is InChI=1S/C46H54N8O7/c1-25-16-30(17-26(2)34(25)21-47)61-44-45(3,4)43(46(44,5)6)51-39(56)35-22-49-37(23-48-35)53-14-12-27(13-15-53)24-52(7)28-18-31(19-28)60-29-8-9-32-33(20-29)42(59)54(41(32)58)36-10-11-38(55)50-40(36)57/h8-9,16-17,20,22-23,27-28,31,36,43-44H,10-15,18-19,24H2,1-7H3,(H,51,56)(H,50,55,57). The van der Waals surface area contributed by atoms with E-state index in [9.17, 15) is 29.2 Å². The summed E-state index contributed by atoms with van der Waals surface area (Å²) in [6.07, 6.45) is 6.97. The van der Waals surface area contributed by atoms with Crippen LogP contribution in [0.3, 0.4) is 0 Å². The van der Waals surface area contributed by atoms with Gasteiger partial charge in [0, 0.05) is 61.8 Å². The van der Waals surface area contributed by atoms with E-state index >= 15 is 0 Å². The highest BCUT2D eigenvalue weighted by molar-refractivity contribution is 6.23. The van der Waals surface area contributed by atoms with Crippen LogP contribution in [0.2, 0.25) is 0 Å². The number of aryl methyl sites for hydroxylation is 2. The van der Waals surface area contributed by atoms with Gasteiger partial charge in [0.05, 0.1) is 35.2 Å². The first-order valence-corrected chi connectivity index (χ1v) is 21.2. The SMILES string of the molecule is Cc1cc(OC2C(C)(C)C(NC(=O)c3cnc(N4CCC(CN(C)C5CC(Oc6ccc7c(c6)C(=O)N(C6CCC(=O)NC6=O)C7=O)C5)CC4)cn3)C2(C)C)cc(C)c1C#N. The van der Waals surface area contributed by atoms with Crippen LogP contribution in [0.5, 0.6) is 11.5 Å². The van der Waals surface area contributed by atoms with E-state index in [-0.39, 0.29) is 64.6 Å². The van der Waals surface area contributed by atoms with Gasteiger partial charge in [-0.1, -0.05) is 27.7 Å². The van der Waals surface area contributed by atoms with Crippen molar-refractivity contribution in [3.63, 3.8) is 0 Å². The van der Waals surface area contributed by atoms with Crippen molar-refractivity contribution >= 4 is 35.4 Å². The Morgan fingerprint density at radius 2 is 1.59 bits per heavy atom. The molecule has 8 rings (SSSR count). The summed E-state index contributed by atoms with van der Waals surface area (Å²) in [6, 6.07) is 10.1. The van der Waals surface area contributed by atoms with Crippen molar-refractivity contribution in [3.05, 3.63) is 76.2 Å². The average Bonchev–Trinajstić information content (AvgIpc) is 3.44. The number of imide groups is 2. The van der Waals surface area contributed by atoms with Crippen molar-refractivity contribution in [3.8, 4) is 17.6 Å². The molecule has 2 aliphatic carbocycles. The molecule has 1 unspecified atom stereocenters. The molecule has 0 spiro atoms. The molecule has 2 saturated carbocycles. The summed E-state index contributed by atoms with van der Waals surface area (Å²) in [5.41, 5.74) is 2.41. The minimum atomic E-state index is -1.00. The smallest absolute Gasteiger partial charge is 0.271 e. The third kappa shape index (κ3) is 7.71. The first-order chi connectivity index (χ1) is 29.0. The third-order valence-corrected chi connectivity index (χ3v) is 13.7. The van der Waals surface area contributed by atoms with Gasteiger partial charge in [-0.05, 0) is 87.5 Å². The Morgan fingerprint density at radius 1 is 0.918 bits per heavy atom. The predicted octanol–water partition coefficient (Wildman–Crippen LogP) is 4.74. The fraction of sp³-hybridized carbons (Fsp3) is 0.522. The highest BCUT2D eigenvalue weighted by Gasteiger charge is 2.64. The Morgan fingerprint density at radius 3 is 2.21 bits per heavy atom. The fourth-order valence-corrected chi connectivity index (χ4v) is 10.5. The highest BCUT2D eigenvalue weighted by atomic mass is 16.5. The van der Waals surface area contributed by atoms with Crippen LogP contribution in [0.4, 0.5) is 5.82 Å². The van der Waals surface area contributed by atoms with Gasteiger partial charge in [-0.3, -0.25) is 34.2 Å². The second-order valence-corrected chi connectivity index (χ2v) is 18.7. The van der Waals surface area contributed by atoms with Crippen LogP contribution in [-0.2, 0) is 9.59 Å². The molecule has 3 aliphatic heterocycles. The number of piperidine rings is 2. The summed E-state index contributed by atoms with van der Waals surface area (Å²) in [4.78, 5) is 78.5. The number of hydrogen-bond acceptors (Lipinski definition) is 12. The number of benzene rings is 2. The van der Waals surface area contributed by atoms with Gasteiger partial charge >= 0.3 is 0 Å². The summed E-state index contributed by atoms with van der Waals surface area (Å²) in [6.45, 7) is 14.9. The highest BCUT2D eigenvalue weighted by Crippen LogP contribution is 2.55. The van der Waals surface area contributed by atoms with Crippen LogP contribution < -0.4 is 25.0 Å². The maximum absolute atomic E-state index is 13.5. The molecular weight excluding hydrogens is 777 g/mol. The summed E-state index contributed by atoms with van der Waals surface area (Å²) in [5.74, 6) is 0.131. The van der Waals surface area contributed by atoms with Crippen molar-refractivity contribution in [2.75, 3.05) is 31.6 Å². The molecule has 2 N–H and O–H groups in total. The molecule has 320 valence electrons. The number of nitrogens with zero attached hydrogens (tertiary/aromatic N) is 6. The first-order valence-electron chi connectivity index (χ1n) is 21.2. The van der Waals surface area contributed by atoms with E-state index < -0.39 is 29.7 Å². The summed E-state index contributed by atoms with van der Waals surface area (Å²) in [5, 5.41) is 14.9. The molecule has 2 saturated heterocycles. The summed E-state index contributed by atoms with van der Waals surface area (Å²) < 4.78 is 12.7. The number of carbonyl (C=O) groups is 5. The van der Waals surface area contributed by atoms with Gasteiger partial charge in [0.2, 0.25) is 11.8 Å². The fourth-order valence-electron chi connectivity index (χ4n) is 10.5. The maximum atomic E-state index is 13.5.